The number of benzene rings is 1. The summed E-state index contributed by atoms with van der Waals surface area (Å²) >= 11 is 0. The summed E-state index contributed by atoms with van der Waals surface area (Å²) in [5.74, 6) is 2.29. The largest absolute Gasteiger partial charge is 0.493 e. The van der Waals surface area contributed by atoms with Crippen LogP contribution >= 0.6 is 0 Å². The van der Waals surface area contributed by atoms with Crippen LogP contribution in [0, 0.1) is 11.8 Å². The van der Waals surface area contributed by atoms with Crippen molar-refractivity contribution in [2.75, 3.05) is 6.61 Å². The lowest BCUT2D eigenvalue weighted by atomic mass is 9.75. The van der Waals surface area contributed by atoms with Crippen LogP contribution in [0.3, 0.4) is 0 Å². The zero-order valence-electron chi connectivity index (χ0n) is 8.98. The monoisotopic (exact) mass is 204 g/mol. The molecule has 1 fully saturated rings. The summed E-state index contributed by atoms with van der Waals surface area (Å²) in [7, 11) is 0. The molecule has 2 nitrogen and oxygen atoms in total. The highest BCUT2D eigenvalue weighted by atomic mass is 16.5. The van der Waals surface area contributed by atoms with Crippen LogP contribution in [0.4, 0.5) is 0 Å². The SMILES string of the molecule is C[C@@H]1CC[C@@H]1COc1cccc(C=O)c1. The summed E-state index contributed by atoms with van der Waals surface area (Å²) in [5.41, 5.74) is 0.675. The maximum Gasteiger partial charge on any atom is 0.150 e. The van der Waals surface area contributed by atoms with Crippen molar-refractivity contribution in [1.82, 2.24) is 0 Å². The number of rotatable bonds is 4. The zero-order valence-corrected chi connectivity index (χ0v) is 8.98. The van der Waals surface area contributed by atoms with Crippen LogP contribution in [0.2, 0.25) is 0 Å². The normalized spacial score (nSPS) is 24.3. The van der Waals surface area contributed by atoms with Crippen LogP contribution in [-0.4, -0.2) is 12.9 Å². The number of hydrogen-bond acceptors (Lipinski definition) is 2. The fourth-order valence-electron chi connectivity index (χ4n) is 1.86. The van der Waals surface area contributed by atoms with Crippen molar-refractivity contribution < 1.29 is 9.53 Å². The maximum atomic E-state index is 10.6. The Morgan fingerprint density at radius 1 is 1.47 bits per heavy atom. The van der Waals surface area contributed by atoms with Crippen molar-refractivity contribution in [3.05, 3.63) is 29.8 Å². The molecule has 0 amide bonds. The summed E-state index contributed by atoms with van der Waals surface area (Å²) in [6.07, 6.45) is 3.44. The minimum Gasteiger partial charge on any atom is -0.493 e. The third-order valence-electron chi connectivity index (χ3n) is 3.26. The van der Waals surface area contributed by atoms with Crippen molar-refractivity contribution in [2.45, 2.75) is 19.8 Å². The van der Waals surface area contributed by atoms with Crippen molar-refractivity contribution in [2.24, 2.45) is 11.8 Å². The Kier molecular flexibility index (Phi) is 3.05. The predicted octanol–water partition coefficient (Wildman–Crippen LogP) is 2.92. The topological polar surface area (TPSA) is 26.3 Å². The van der Waals surface area contributed by atoms with E-state index in [0.717, 1.165) is 24.6 Å². The third-order valence-corrected chi connectivity index (χ3v) is 3.26. The van der Waals surface area contributed by atoms with Crippen LogP contribution in [0.5, 0.6) is 5.75 Å². The van der Waals surface area contributed by atoms with E-state index in [9.17, 15) is 4.79 Å². The molecule has 15 heavy (non-hydrogen) atoms. The molecule has 2 heteroatoms. The number of aldehydes is 1. The molecule has 1 aliphatic carbocycles. The van der Waals surface area contributed by atoms with Crippen LogP contribution in [0.1, 0.15) is 30.1 Å². The second kappa shape index (κ2) is 4.47. The Hall–Kier alpha value is -1.31. The highest BCUT2D eigenvalue weighted by Gasteiger charge is 2.26. The van der Waals surface area contributed by atoms with E-state index < -0.39 is 0 Å². The lowest BCUT2D eigenvalue weighted by molar-refractivity contribution is 0.111. The van der Waals surface area contributed by atoms with E-state index in [2.05, 4.69) is 6.92 Å². The minimum absolute atomic E-state index is 0.675. The van der Waals surface area contributed by atoms with E-state index in [-0.39, 0.29) is 0 Å². The average molecular weight is 204 g/mol. The molecule has 2 atom stereocenters. The standard InChI is InChI=1S/C13H16O2/c1-10-5-6-12(10)9-15-13-4-2-3-11(7-13)8-14/h2-4,7-8,10,12H,5-6,9H2,1H3/t10-,12-/m1/s1. The van der Waals surface area contributed by atoms with Gasteiger partial charge >= 0.3 is 0 Å². The molecule has 1 aromatic carbocycles. The average Bonchev–Trinajstić information content (AvgIpc) is 2.27. The fraction of sp³-hybridized carbons (Fsp3) is 0.462. The van der Waals surface area contributed by atoms with Crippen molar-refractivity contribution in [1.29, 1.82) is 0 Å². The molecular formula is C13H16O2. The zero-order chi connectivity index (χ0) is 10.7. The molecule has 0 unspecified atom stereocenters. The van der Waals surface area contributed by atoms with Gasteiger partial charge in [-0.05, 0) is 36.8 Å². The van der Waals surface area contributed by atoms with E-state index in [4.69, 9.17) is 4.74 Å². The first-order valence-corrected chi connectivity index (χ1v) is 5.47. The van der Waals surface area contributed by atoms with Gasteiger partial charge in [0.25, 0.3) is 0 Å². The molecular weight excluding hydrogens is 188 g/mol. The molecule has 0 spiro atoms. The number of carbonyl (C=O) groups is 1. The Morgan fingerprint density at radius 2 is 2.33 bits per heavy atom. The van der Waals surface area contributed by atoms with E-state index in [0.29, 0.717) is 11.5 Å². The molecule has 0 aromatic heterocycles. The predicted molar refractivity (Wildman–Crippen MR) is 59.2 cm³/mol. The molecule has 0 aliphatic heterocycles. The van der Waals surface area contributed by atoms with Gasteiger partial charge in [-0.2, -0.15) is 0 Å². The fourth-order valence-corrected chi connectivity index (χ4v) is 1.86. The summed E-state index contributed by atoms with van der Waals surface area (Å²) in [5, 5.41) is 0. The van der Waals surface area contributed by atoms with Gasteiger partial charge in [0, 0.05) is 5.56 Å². The Balaban J connectivity index is 1.89. The van der Waals surface area contributed by atoms with E-state index in [1.54, 1.807) is 12.1 Å². The van der Waals surface area contributed by atoms with Crippen LogP contribution in [-0.2, 0) is 0 Å². The summed E-state index contributed by atoms with van der Waals surface area (Å²) < 4.78 is 5.66. The van der Waals surface area contributed by atoms with Gasteiger partial charge < -0.3 is 4.74 Å². The molecule has 0 saturated heterocycles. The smallest absolute Gasteiger partial charge is 0.150 e. The van der Waals surface area contributed by atoms with E-state index >= 15 is 0 Å². The first-order chi connectivity index (χ1) is 7.29. The van der Waals surface area contributed by atoms with Crippen LogP contribution in [0.15, 0.2) is 24.3 Å². The van der Waals surface area contributed by atoms with Gasteiger partial charge in [-0.25, -0.2) is 0 Å². The molecule has 80 valence electrons. The Labute approximate surface area is 90.3 Å². The highest BCUT2D eigenvalue weighted by molar-refractivity contribution is 5.75. The van der Waals surface area contributed by atoms with Gasteiger partial charge in [-0.1, -0.05) is 19.1 Å². The van der Waals surface area contributed by atoms with Crippen molar-refractivity contribution in [3.63, 3.8) is 0 Å². The number of carbonyl (C=O) groups excluding carboxylic acids is 1. The summed E-state index contributed by atoms with van der Waals surface area (Å²) in [6, 6.07) is 7.32. The summed E-state index contributed by atoms with van der Waals surface area (Å²) in [6.45, 7) is 3.04. The Morgan fingerprint density at radius 3 is 2.93 bits per heavy atom. The first kappa shape index (κ1) is 10.2. The van der Waals surface area contributed by atoms with Gasteiger partial charge in [0.15, 0.2) is 0 Å². The lowest BCUT2D eigenvalue weighted by Crippen LogP contribution is -2.28. The second-order valence-corrected chi connectivity index (χ2v) is 4.32. The highest BCUT2D eigenvalue weighted by Crippen LogP contribution is 2.33. The molecule has 0 heterocycles. The van der Waals surface area contributed by atoms with E-state index in [1.807, 2.05) is 12.1 Å². The molecule has 0 bridgehead atoms. The second-order valence-electron chi connectivity index (χ2n) is 4.32. The van der Waals surface area contributed by atoms with Crippen LogP contribution < -0.4 is 4.74 Å². The van der Waals surface area contributed by atoms with Crippen molar-refractivity contribution >= 4 is 6.29 Å². The van der Waals surface area contributed by atoms with Gasteiger partial charge in [0.05, 0.1) is 6.61 Å². The first-order valence-electron chi connectivity index (χ1n) is 5.47. The molecule has 0 N–H and O–H groups in total. The maximum absolute atomic E-state index is 10.6. The number of ether oxygens (including phenoxy) is 1. The van der Waals surface area contributed by atoms with Gasteiger partial charge in [-0.3, -0.25) is 4.79 Å². The quantitative estimate of drug-likeness (QED) is 0.705. The van der Waals surface area contributed by atoms with E-state index in [1.165, 1.54) is 12.8 Å². The number of hydrogen-bond donors (Lipinski definition) is 0. The molecule has 0 radical (unpaired) electrons. The molecule has 1 saturated carbocycles. The van der Waals surface area contributed by atoms with Gasteiger partial charge in [0.2, 0.25) is 0 Å². The molecule has 2 rings (SSSR count). The molecule has 1 aromatic rings. The third kappa shape index (κ3) is 2.38. The van der Waals surface area contributed by atoms with Gasteiger partial charge in [0.1, 0.15) is 12.0 Å². The molecule has 1 aliphatic rings. The van der Waals surface area contributed by atoms with Crippen molar-refractivity contribution in [3.8, 4) is 5.75 Å². The van der Waals surface area contributed by atoms with Gasteiger partial charge in [-0.15, -0.1) is 0 Å². The lowest BCUT2D eigenvalue weighted by Gasteiger charge is -2.33. The summed E-state index contributed by atoms with van der Waals surface area (Å²) in [4.78, 5) is 10.6. The minimum atomic E-state index is 0.675. The van der Waals surface area contributed by atoms with Crippen LogP contribution in [0.25, 0.3) is 0 Å². The Bertz CT molecular complexity index is 346.